The first-order valence-corrected chi connectivity index (χ1v) is 5.50. The van der Waals surface area contributed by atoms with Crippen molar-refractivity contribution in [3.05, 3.63) is 29.5 Å². The number of aryl methyl sites for hydroxylation is 1. The quantitative estimate of drug-likeness (QED) is 0.829. The van der Waals surface area contributed by atoms with Crippen LogP contribution in [0.4, 0.5) is 0 Å². The maximum absolute atomic E-state index is 11.5. The number of aromatic amines is 1. The Kier molecular flexibility index (Phi) is 3.04. The van der Waals surface area contributed by atoms with Gasteiger partial charge in [0.05, 0.1) is 19.2 Å². The molecule has 0 radical (unpaired) electrons. The van der Waals surface area contributed by atoms with E-state index in [-0.39, 0.29) is 5.97 Å². The lowest BCUT2D eigenvalue weighted by Crippen LogP contribution is -2.00. The van der Waals surface area contributed by atoms with Crippen LogP contribution in [0.1, 0.15) is 23.0 Å². The third-order valence-electron chi connectivity index (χ3n) is 2.67. The molecule has 2 aromatic rings. The van der Waals surface area contributed by atoms with Crippen LogP contribution in [0.25, 0.3) is 10.9 Å². The highest BCUT2D eigenvalue weighted by Crippen LogP contribution is 2.29. The molecule has 0 amide bonds. The molecule has 1 heterocycles. The number of hydrogen-bond acceptors (Lipinski definition) is 3. The van der Waals surface area contributed by atoms with E-state index < -0.39 is 0 Å². The van der Waals surface area contributed by atoms with Gasteiger partial charge in [-0.25, -0.2) is 4.79 Å². The monoisotopic (exact) mass is 233 g/mol. The Labute approximate surface area is 99.5 Å². The van der Waals surface area contributed by atoms with Crippen LogP contribution in [-0.4, -0.2) is 24.7 Å². The normalized spacial score (nSPS) is 10.5. The zero-order valence-corrected chi connectivity index (χ0v) is 10.2. The summed E-state index contributed by atoms with van der Waals surface area (Å²) in [7, 11) is 1.37. The number of ether oxygens (including phenoxy) is 2. The van der Waals surface area contributed by atoms with Crippen molar-refractivity contribution < 1.29 is 14.3 Å². The lowest BCUT2D eigenvalue weighted by Gasteiger charge is -2.05. The number of fused-ring (bicyclic) bond motifs is 1. The predicted octanol–water partition coefficient (Wildman–Crippen LogP) is 2.66. The van der Waals surface area contributed by atoms with E-state index in [9.17, 15) is 4.79 Å². The fourth-order valence-electron chi connectivity index (χ4n) is 1.84. The Bertz CT molecular complexity index is 557. The van der Waals surface area contributed by atoms with Crippen molar-refractivity contribution >= 4 is 16.9 Å². The highest BCUT2D eigenvalue weighted by atomic mass is 16.5. The minimum absolute atomic E-state index is 0.372. The molecule has 0 saturated heterocycles. The molecule has 1 aromatic carbocycles. The van der Waals surface area contributed by atoms with E-state index >= 15 is 0 Å². The molecule has 0 atom stereocenters. The Morgan fingerprint density at radius 1 is 1.41 bits per heavy atom. The second-order valence-corrected chi connectivity index (χ2v) is 3.78. The molecule has 2 rings (SSSR count). The van der Waals surface area contributed by atoms with E-state index in [0.29, 0.717) is 12.3 Å². The number of benzene rings is 1. The van der Waals surface area contributed by atoms with Crippen LogP contribution in [0, 0.1) is 6.92 Å². The van der Waals surface area contributed by atoms with Crippen LogP contribution in [0.5, 0.6) is 5.75 Å². The average molecular weight is 233 g/mol. The van der Waals surface area contributed by atoms with Gasteiger partial charge in [0.25, 0.3) is 0 Å². The minimum Gasteiger partial charge on any atom is -0.493 e. The van der Waals surface area contributed by atoms with E-state index in [1.54, 1.807) is 6.07 Å². The van der Waals surface area contributed by atoms with E-state index in [2.05, 4.69) is 4.98 Å². The number of esters is 1. The number of H-pyrrole nitrogens is 1. The molecule has 4 nitrogen and oxygen atoms in total. The molecule has 90 valence electrons. The fourth-order valence-corrected chi connectivity index (χ4v) is 1.84. The van der Waals surface area contributed by atoms with Crippen LogP contribution >= 0.6 is 0 Å². The molecule has 0 spiro atoms. The number of nitrogens with one attached hydrogen (secondary N) is 1. The Hall–Kier alpha value is -1.97. The average Bonchev–Trinajstić information content (AvgIpc) is 2.78. The lowest BCUT2D eigenvalue weighted by atomic mass is 10.1. The third-order valence-corrected chi connectivity index (χ3v) is 2.67. The molecule has 0 aliphatic carbocycles. The molecule has 1 aromatic heterocycles. The van der Waals surface area contributed by atoms with Gasteiger partial charge in [-0.2, -0.15) is 0 Å². The van der Waals surface area contributed by atoms with Gasteiger partial charge in [0.2, 0.25) is 0 Å². The van der Waals surface area contributed by atoms with Gasteiger partial charge in [-0.1, -0.05) is 6.07 Å². The summed E-state index contributed by atoms with van der Waals surface area (Å²) in [5.41, 5.74) is 2.42. The van der Waals surface area contributed by atoms with Gasteiger partial charge in [-0.3, -0.25) is 0 Å². The SMILES string of the molecule is CCOc1ccc(C)c2[nH]c(C(=O)OC)cc12. The van der Waals surface area contributed by atoms with Crippen LogP contribution < -0.4 is 4.74 Å². The minimum atomic E-state index is -0.372. The van der Waals surface area contributed by atoms with E-state index in [1.807, 2.05) is 26.0 Å². The number of methoxy groups -OCH3 is 1. The third kappa shape index (κ3) is 1.98. The molecule has 0 saturated carbocycles. The second-order valence-electron chi connectivity index (χ2n) is 3.78. The summed E-state index contributed by atoms with van der Waals surface area (Å²) >= 11 is 0. The van der Waals surface area contributed by atoms with E-state index in [0.717, 1.165) is 22.2 Å². The Balaban J connectivity index is 2.61. The van der Waals surface area contributed by atoms with Crippen molar-refractivity contribution in [3.63, 3.8) is 0 Å². The molecule has 0 aliphatic heterocycles. The van der Waals surface area contributed by atoms with Crippen molar-refractivity contribution in [1.82, 2.24) is 4.98 Å². The van der Waals surface area contributed by atoms with E-state index in [1.165, 1.54) is 7.11 Å². The van der Waals surface area contributed by atoms with Crippen molar-refractivity contribution in [2.24, 2.45) is 0 Å². The summed E-state index contributed by atoms with van der Waals surface area (Å²) in [5, 5.41) is 0.909. The molecular formula is C13H15NO3. The first-order chi connectivity index (χ1) is 8.17. The number of rotatable bonds is 3. The number of hydrogen-bond donors (Lipinski definition) is 1. The van der Waals surface area contributed by atoms with Crippen LogP contribution in [0.15, 0.2) is 18.2 Å². The zero-order valence-electron chi connectivity index (χ0n) is 10.2. The summed E-state index contributed by atoms with van der Waals surface area (Å²) in [6.45, 7) is 4.51. The smallest absolute Gasteiger partial charge is 0.354 e. The maximum atomic E-state index is 11.5. The predicted molar refractivity (Wildman–Crippen MR) is 65.5 cm³/mol. The van der Waals surface area contributed by atoms with Crippen molar-refractivity contribution in [1.29, 1.82) is 0 Å². The van der Waals surface area contributed by atoms with Crippen molar-refractivity contribution in [3.8, 4) is 5.75 Å². The molecule has 0 aliphatic rings. The summed E-state index contributed by atoms with van der Waals surface area (Å²) in [4.78, 5) is 14.5. The first-order valence-electron chi connectivity index (χ1n) is 5.50. The van der Waals surface area contributed by atoms with Crippen molar-refractivity contribution in [2.75, 3.05) is 13.7 Å². The number of aromatic nitrogens is 1. The zero-order chi connectivity index (χ0) is 12.4. The molecule has 0 bridgehead atoms. The van der Waals surface area contributed by atoms with Crippen LogP contribution in [0.2, 0.25) is 0 Å². The summed E-state index contributed by atoms with van der Waals surface area (Å²) in [5.74, 6) is 0.405. The van der Waals surface area contributed by atoms with Gasteiger partial charge in [0.15, 0.2) is 0 Å². The van der Waals surface area contributed by atoms with Crippen LogP contribution in [0.3, 0.4) is 0 Å². The van der Waals surface area contributed by atoms with Gasteiger partial charge in [0.1, 0.15) is 11.4 Å². The van der Waals surface area contributed by atoms with Gasteiger partial charge in [0, 0.05) is 5.39 Å². The van der Waals surface area contributed by atoms with Gasteiger partial charge >= 0.3 is 5.97 Å². The summed E-state index contributed by atoms with van der Waals surface area (Å²) in [6.07, 6.45) is 0. The molecule has 17 heavy (non-hydrogen) atoms. The van der Waals surface area contributed by atoms with Gasteiger partial charge < -0.3 is 14.5 Å². The maximum Gasteiger partial charge on any atom is 0.354 e. The summed E-state index contributed by atoms with van der Waals surface area (Å²) in [6, 6.07) is 5.64. The highest BCUT2D eigenvalue weighted by Gasteiger charge is 2.13. The standard InChI is InChI=1S/C13H15NO3/c1-4-17-11-6-5-8(2)12-9(11)7-10(14-12)13(15)16-3/h5-7,14H,4H2,1-3H3. The topological polar surface area (TPSA) is 51.3 Å². The number of carbonyl (C=O) groups excluding carboxylic acids is 1. The lowest BCUT2D eigenvalue weighted by molar-refractivity contribution is 0.0595. The molecule has 0 unspecified atom stereocenters. The summed E-state index contributed by atoms with van der Waals surface area (Å²) < 4.78 is 10.2. The Morgan fingerprint density at radius 3 is 2.82 bits per heavy atom. The number of carbonyl (C=O) groups is 1. The molecule has 4 heteroatoms. The molecule has 1 N–H and O–H groups in total. The fraction of sp³-hybridized carbons (Fsp3) is 0.308. The van der Waals surface area contributed by atoms with Gasteiger partial charge in [-0.05, 0) is 31.5 Å². The molecular weight excluding hydrogens is 218 g/mol. The second kappa shape index (κ2) is 4.49. The largest absolute Gasteiger partial charge is 0.493 e. The Morgan fingerprint density at radius 2 is 2.18 bits per heavy atom. The van der Waals surface area contributed by atoms with Gasteiger partial charge in [-0.15, -0.1) is 0 Å². The van der Waals surface area contributed by atoms with Crippen LogP contribution in [-0.2, 0) is 4.74 Å². The van der Waals surface area contributed by atoms with E-state index in [4.69, 9.17) is 9.47 Å². The highest BCUT2D eigenvalue weighted by molar-refractivity contribution is 5.98. The van der Waals surface area contributed by atoms with Crippen molar-refractivity contribution in [2.45, 2.75) is 13.8 Å². The molecule has 0 fully saturated rings. The first kappa shape index (κ1) is 11.5.